The highest BCUT2D eigenvalue weighted by Gasteiger charge is 2.41. The summed E-state index contributed by atoms with van der Waals surface area (Å²) in [5.74, 6) is 0.966. The van der Waals surface area contributed by atoms with Crippen LogP contribution >= 0.6 is 0 Å². The number of aromatic nitrogens is 2. The number of amides is 1. The van der Waals surface area contributed by atoms with Gasteiger partial charge in [-0.2, -0.15) is 5.10 Å². The summed E-state index contributed by atoms with van der Waals surface area (Å²) in [5.41, 5.74) is 0.479. The van der Waals surface area contributed by atoms with Crippen LogP contribution in [-0.2, 0) is 16.9 Å². The smallest absolute Gasteiger partial charge is 0.248 e. The van der Waals surface area contributed by atoms with Crippen molar-refractivity contribution in [2.75, 3.05) is 13.1 Å². The molecule has 1 aliphatic carbocycles. The monoisotopic (exact) mass is 382 g/mol. The quantitative estimate of drug-likeness (QED) is 0.806. The molecule has 1 aromatic carbocycles. The first-order chi connectivity index (χ1) is 13.8. The van der Waals surface area contributed by atoms with E-state index in [4.69, 9.17) is 4.74 Å². The van der Waals surface area contributed by atoms with Crippen LogP contribution in [0.4, 0.5) is 0 Å². The number of carbonyl (C=O) groups is 1. The van der Waals surface area contributed by atoms with Gasteiger partial charge < -0.3 is 15.4 Å². The van der Waals surface area contributed by atoms with Crippen LogP contribution in [0.3, 0.4) is 0 Å². The second-order valence-electron chi connectivity index (χ2n) is 7.94. The Kier molecular flexibility index (Phi) is 5.95. The van der Waals surface area contributed by atoms with Gasteiger partial charge in [0.25, 0.3) is 0 Å². The maximum absolute atomic E-state index is 13.1. The van der Waals surface area contributed by atoms with Crippen molar-refractivity contribution in [3.8, 4) is 5.75 Å². The minimum Gasteiger partial charge on any atom is -0.490 e. The molecule has 0 unspecified atom stereocenters. The third-order valence-electron chi connectivity index (χ3n) is 6.03. The minimum absolute atomic E-state index is 0.0419. The molecule has 1 saturated heterocycles. The van der Waals surface area contributed by atoms with Gasteiger partial charge in [0, 0.05) is 18.9 Å². The predicted octanol–water partition coefficient (Wildman–Crippen LogP) is 2.99. The Bertz CT molecular complexity index is 745. The molecule has 6 heteroatoms. The fourth-order valence-electron chi connectivity index (χ4n) is 4.33. The fraction of sp³-hybridized carbons (Fsp3) is 0.545. The molecule has 28 heavy (non-hydrogen) atoms. The lowest BCUT2D eigenvalue weighted by molar-refractivity contribution is -0.132. The van der Waals surface area contributed by atoms with E-state index in [9.17, 15) is 4.79 Å². The molecule has 2 aliphatic rings. The third kappa shape index (κ3) is 4.22. The molecule has 2 N–H and O–H groups in total. The van der Waals surface area contributed by atoms with Gasteiger partial charge in [-0.05, 0) is 75.4 Å². The molecule has 1 aromatic heterocycles. The molecular weight excluding hydrogens is 352 g/mol. The first kappa shape index (κ1) is 19.0. The van der Waals surface area contributed by atoms with Gasteiger partial charge >= 0.3 is 0 Å². The van der Waals surface area contributed by atoms with Gasteiger partial charge in [0.05, 0.1) is 6.10 Å². The first-order valence-electron chi connectivity index (χ1n) is 10.5. The van der Waals surface area contributed by atoms with E-state index in [-0.39, 0.29) is 5.91 Å². The van der Waals surface area contributed by atoms with Crippen LogP contribution in [0.15, 0.2) is 42.7 Å². The highest BCUT2D eigenvalue weighted by atomic mass is 16.5. The number of ether oxygens (including phenoxy) is 1. The molecule has 4 rings (SSSR count). The number of rotatable bonds is 6. The van der Waals surface area contributed by atoms with Crippen LogP contribution in [-0.4, -0.2) is 34.9 Å². The Balaban J connectivity index is 1.36. The first-order valence-corrected chi connectivity index (χ1v) is 10.5. The Morgan fingerprint density at radius 1 is 1.18 bits per heavy atom. The highest BCUT2D eigenvalue weighted by Crippen LogP contribution is 2.27. The number of hydrogen-bond acceptors (Lipinski definition) is 4. The van der Waals surface area contributed by atoms with Gasteiger partial charge in [-0.15, -0.1) is 0 Å². The van der Waals surface area contributed by atoms with Crippen molar-refractivity contribution >= 4 is 5.91 Å². The topological polar surface area (TPSA) is 68.2 Å². The molecule has 1 amide bonds. The van der Waals surface area contributed by atoms with Gasteiger partial charge in [-0.25, -0.2) is 0 Å². The second kappa shape index (κ2) is 8.78. The average Bonchev–Trinajstić information content (AvgIpc) is 3.30. The molecule has 150 valence electrons. The third-order valence-corrected chi connectivity index (χ3v) is 6.03. The molecule has 2 aromatic rings. The number of hydrogen-bond donors (Lipinski definition) is 2. The largest absolute Gasteiger partial charge is 0.490 e. The van der Waals surface area contributed by atoms with Gasteiger partial charge in [0.1, 0.15) is 11.3 Å². The summed E-state index contributed by atoms with van der Waals surface area (Å²) in [5, 5.41) is 10.8. The van der Waals surface area contributed by atoms with E-state index in [1.54, 1.807) is 6.20 Å². The number of nitrogens with one attached hydrogen (secondary N) is 2. The molecule has 0 spiro atoms. The van der Waals surface area contributed by atoms with E-state index in [0.29, 0.717) is 12.6 Å². The Hall–Kier alpha value is -2.34. The van der Waals surface area contributed by atoms with E-state index < -0.39 is 5.54 Å². The molecule has 6 nitrogen and oxygen atoms in total. The molecule has 0 bridgehead atoms. The average molecular weight is 383 g/mol. The van der Waals surface area contributed by atoms with Crippen LogP contribution in [0.1, 0.15) is 50.5 Å². The zero-order valence-corrected chi connectivity index (χ0v) is 16.4. The van der Waals surface area contributed by atoms with E-state index in [1.807, 2.05) is 41.2 Å². The van der Waals surface area contributed by atoms with E-state index in [0.717, 1.165) is 50.1 Å². The summed E-state index contributed by atoms with van der Waals surface area (Å²) in [4.78, 5) is 13.1. The van der Waals surface area contributed by atoms with Crippen LogP contribution in [0.25, 0.3) is 0 Å². The minimum atomic E-state index is -0.598. The van der Waals surface area contributed by atoms with Gasteiger partial charge in [-0.1, -0.05) is 18.6 Å². The lowest BCUT2D eigenvalue weighted by atomic mass is 9.87. The summed E-state index contributed by atoms with van der Waals surface area (Å²) in [7, 11) is 0. The number of piperidine rings is 1. The van der Waals surface area contributed by atoms with Crippen molar-refractivity contribution in [2.24, 2.45) is 0 Å². The molecule has 2 fully saturated rings. The molecular formula is C22H30N4O2. The van der Waals surface area contributed by atoms with Crippen molar-refractivity contribution in [2.45, 2.75) is 63.1 Å². The fourth-order valence-corrected chi connectivity index (χ4v) is 4.33. The number of nitrogens with zero attached hydrogens (tertiary/aromatic N) is 2. The summed E-state index contributed by atoms with van der Waals surface area (Å²) >= 11 is 0. The van der Waals surface area contributed by atoms with E-state index in [2.05, 4.69) is 15.7 Å². The summed E-state index contributed by atoms with van der Waals surface area (Å²) in [6.45, 7) is 2.15. The zero-order valence-electron chi connectivity index (χ0n) is 16.4. The lowest BCUT2D eigenvalue weighted by Gasteiger charge is -2.36. The van der Waals surface area contributed by atoms with Crippen LogP contribution in [0.2, 0.25) is 0 Å². The highest BCUT2D eigenvalue weighted by molar-refractivity contribution is 5.84. The molecule has 2 heterocycles. The maximum atomic E-state index is 13.1. The van der Waals surface area contributed by atoms with Crippen molar-refractivity contribution in [1.29, 1.82) is 0 Å². The maximum Gasteiger partial charge on any atom is 0.248 e. The van der Waals surface area contributed by atoms with Crippen molar-refractivity contribution in [3.05, 3.63) is 48.3 Å². The molecule has 0 atom stereocenters. The van der Waals surface area contributed by atoms with Crippen LogP contribution < -0.4 is 15.4 Å². The second-order valence-corrected chi connectivity index (χ2v) is 7.94. The van der Waals surface area contributed by atoms with Gasteiger partial charge in [0.15, 0.2) is 0 Å². The van der Waals surface area contributed by atoms with Crippen molar-refractivity contribution < 1.29 is 9.53 Å². The van der Waals surface area contributed by atoms with E-state index >= 15 is 0 Å². The summed E-state index contributed by atoms with van der Waals surface area (Å²) in [6.07, 6.45) is 11.6. The molecule has 1 aliphatic heterocycles. The molecule has 1 saturated carbocycles. The Labute approximate surface area is 166 Å². The van der Waals surface area contributed by atoms with Gasteiger partial charge in [0.2, 0.25) is 5.91 Å². The zero-order chi connectivity index (χ0) is 19.2. The summed E-state index contributed by atoms with van der Waals surface area (Å²) in [6, 6.07) is 10.00. The Morgan fingerprint density at radius 2 is 1.93 bits per heavy atom. The standard InChI is InChI=1S/C22H30N4O2/c27-21(22(11-14-23-15-12-22)26-16-4-13-25-26)24-17-18-7-9-20(10-8-18)28-19-5-2-1-3-6-19/h4,7-10,13,16,19,23H,1-3,5-6,11-12,14-15,17H2,(H,24,27). The Morgan fingerprint density at radius 3 is 2.61 bits per heavy atom. The molecule has 0 radical (unpaired) electrons. The predicted molar refractivity (Wildman–Crippen MR) is 108 cm³/mol. The van der Waals surface area contributed by atoms with Gasteiger partial charge in [-0.3, -0.25) is 9.48 Å². The van der Waals surface area contributed by atoms with Crippen LogP contribution in [0.5, 0.6) is 5.75 Å². The lowest BCUT2D eigenvalue weighted by Crippen LogP contribution is -2.54. The SMILES string of the molecule is O=C(NCc1ccc(OC2CCCCC2)cc1)C1(n2cccn2)CCNCC1. The van der Waals surface area contributed by atoms with Crippen LogP contribution in [0, 0.1) is 0 Å². The van der Waals surface area contributed by atoms with E-state index in [1.165, 1.54) is 19.3 Å². The van der Waals surface area contributed by atoms with Crippen molar-refractivity contribution in [1.82, 2.24) is 20.4 Å². The summed E-state index contributed by atoms with van der Waals surface area (Å²) < 4.78 is 7.91. The van der Waals surface area contributed by atoms with Crippen molar-refractivity contribution in [3.63, 3.8) is 0 Å². The number of carbonyl (C=O) groups excluding carboxylic acids is 1. The number of benzene rings is 1. The normalized spacial score (nSPS) is 19.9.